The summed E-state index contributed by atoms with van der Waals surface area (Å²) in [5.41, 5.74) is 7.12. The van der Waals surface area contributed by atoms with Gasteiger partial charge in [-0.2, -0.15) is 0 Å². The molecule has 2 aliphatic rings. The Hall–Kier alpha value is -1.26. The fourth-order valence-electron chi connectivity index (χ4n) is 3.24. The van der Waals surface area contributed by atoms with Crippen LogP contribution in [-0.2, 0) is 4.74 Å². The minimum absolute atomic E-state index is 0.0479. The average Bonchev–Trinajstić information content (AvgIpc) is 2.75. The zero-order chi connectivity index (χ0) is 14.2. The Morgan fingerprint density at radius 2 is 2.40 bits per heavy atom. The largest absolute Gasteiger partial charge is 0.378 e. The highest BCUT2D eigenvalue weighted by atomic mass is 35.5. The molecule has 0 amide bonds. The summed E-state index contributed by atoms with van der Waals surface area (Å²) in [6.45, 7) is 3.66. The third kappa shape index (κ3) is 2.27. The Morgan fingerprint density at radius 1 is 1.55 bits per heavy atom. The van der Waals surface area contributed by atoms with E-state index in [1.54, 1.807) is 0 Å². The van der Waals surface area contributed by atoms with Gasteiger partial charge in [-0.15, -0.1) is 0 Å². The van der Waals surface area contributed by atoms with Gasteiger partial charge >= 0.3 is 0 Å². The van der Waals surface area contributed by atoms with E-state index in [0.717, 1.165) is 43.1 Å². The van der Waals surface area contributed by atoms with Crippen LogP contribution in [-0.4, -0.2) is 30.8 Å². The van der Waals surface area contributed by atoms with Crippen LogP contribution in [0, 0.1) is 0 Å². The van der Waals surface area contributed by atoms with Gasteiger partial charge < -0.3 is 15.4 Å². The number of benzene rings is 1. The molecule has 20 heavy (non-hydrogen) atoms. The predicted octanol–water partition coefficient (Wildman–Crippen LogP) is 2.80. The molecule has 0 aromatic heterocycles. The summed E-state index contributed by atoms with van der Waals surface area (Å²) in [5.74, 6) is 0.587. The fraction of sp³-hybridized carbons (Fsp3) is 0.533. The van der Waals surface area contributed by atoms with E-state index in [2.05, 4.69) is 16.8 Å². The molecule has 0 aliphatic carbocycles. The molecule has 2 aliphatic heterocycles. The Kier molecular flexibility index (Phi) is 3.61. The van der Waals surface area contributed by atoms with Crippen molar-refractivity contribution < 1.29 is 4.74 Å². The first kappa shape index (κ1) is 13.7. The van der Waals surface area contributed by atoms with Crippen LogP contribution in [0.4, 0.5) is 5.69 Å². The van der Waals surface area contributed by atoms with Crippen molar-refractivity contribution in [3.8, 4) is 0 Å². The van der Waals surface area contributed by atoms with Gasteiger partial charge in [0.25, 0.3) is 0 Å². The maximum absolute atomic E-state index is 6.15. The van der Waals surface area contributed by atoms with Gasteiger partial charge in [-0.05, 0) is 37.5 Å². The first-order valence-electron chi connectivity index (χ1n) is 7.12. The second-order valence-corrected chi connectivity index (χ2v) is 6.01. The van der Waals surface area contributed by atoms with Gasteiger partial charge in [0.2, 0.25) is 0 Å². The summed E-state index contributed by atoms with van der Waals surface area (Å²) in [5, 5.41) is 0.719. The lowest BCUT2D eigenvalue weighted by Crippen LogP contribution is -2.56. The fourth-order valence-corrected chi connectivity index (χ4v) is 3.43. The van der Waals surface area contributed by atoms with Gasteiger partial charge in [0, 0.05) is 17.3 Å². The van der Waals surface area contributed by atoms with Gasteiger partial charge in [0.1, 0.15) is 0 Å². The maximum atomic E-state index is 6.15. The molecule has 2 atom stereocenters. The number of anilines is 1. The number of nitrogens with zero attached hydrogens (tertiary/aromatic N) is 2. The molecule has 2 N–H and O–H groups in total. The standard InChI is InChI=1S/C15H20ClN3O/c1-2-13-9-15(6-7-20-13)10-18-14(17)19(15)12-5-3-4-11(16)8-12/h3-5,8,13H,2,6-7,9-10H2,1H3,(H2,17,18). The number of guanidine groups is 1. The molecule has 0 saturated carbocycles. The molecule has 0 bridgehead atoms. The van der Waals surface area contributed by atoms with Crippen LogP contribution in [0.15, 0.2) is 29.3 Å². The molecule has 1 aromatic carbocycles. The van der Waals surface area contributed by atoms with Gasteiger partial charge in [-0.3, -0.25) is 4.99 Å². The first-order valence-corrected chi connectivity index (χ1v) is 7.50. The number of aliphatic imine (C=N–C) groups is 1. The van der Waals surface area contributed by atoms with E-state index < -0.39 is 0 Å². The van der Waals surface area contributed by atoms with E-state index in [4.69, 9.17) is 22.1 Å². The summed E-state index contributed by atoms with van der Waals surface area (Å²) < 4.78 is 5.81. The molecule has 108 valence electrons. The monoisotopic (exact) mass is 293 g/mol. The van der Waals surface area contributed by atoms with E-state index in [1.165, 1.54) is 0 Å². The van der Waals surface area contributed by atoms with Crippen LogP contribution in [0.5, 0.6) is 0 Å². The lowest BCUT2D eigenvalue weighted by molar-refractivity contribution is -0.0151. The minimum Gasteiger partial charge on any atom is -0.378 e. The molecule has 2 unspecified atom stereocenters. The van der Waals surface area contributed by atoms with E-state index in [0.29, 0.717) is 5.96 Å². The van der Waals surface area contributed by atoms with Crippen molar-refractivity contribution in [3.63, 3.8) is 0 Å². The van der Waals surface area contributed by atoms with Crippen molar-refractivity contribution in [1.82, 2.24) is 0 Å². The summed E-state index contributed by atoms with van der Waals surface area (Å²) in [7, 11) is 0. The van der Waals surface area contributed by atoms with Crippen LogP contribution >= 0.6 is 11.6 Å². The second kappa shape index (κ2) is 5.26. The number of ether oxygens (including phenoxy) is 1. The number of halogens is 1. The molecule has 4 nitrogen and oxygen atoms in total. The number of hydrogen-bond donors (Lipinski definition) is 1. The van der Waals surface area contributed by atoms with E-state index in [-0.39, 0.29) is 11.6 Å². The van der Waals surface area contributed by atoms with Crippen LogP contribution in [0.3, 0.4) is 0 Å². The molecule has 0 radical (unpaired) electrons. The molecule has 1 spiro atoms. The smallest absolute Gasteiger partial charge is 0.196 e. The summed E-state index contributed by atoms with van der Waals surface area (Å²) >= 11 is 6.12. The van der Waals surface area contributed by atoms with Crippen molar-refractivity contribution >= 4 is 23.2 Å². The van der Waals surface area contributed by atoms with Gasteiger partial charge in [-0.25, -0.2) is 0 Å². The van der Waals surface area contributed by atoms with Crippen LogP contribution < -0.4 is 10.6 Å². The molecular formula is C15H20ClN3O. The molecule has 1 fully saturated rings. The molecular weight excluding hydrogens is 274 g/mol. The number of rotatable bonds is 2. The highest BCUT2D eigenvalue weighted by molar-refractivity contribution is 6.31. The summed E-state index contributed by atoms with van der Waals surface area (Å²) in [4.78, 5) is 6.65. The second-order valence-electron chi connectivity index (χ2n) is 5.57. The van der Waals surface area contributed by atoms with Crippen LogP contribution in [0.1, 0.15) is 26.2 Å². The molecule has 1 saturated heterocycles. The van der Waals surface area contributed by atoms with Crippen molar-refractivity contribution in [2.24, 2.45) is 10.7 Å². The van der Waals surface area contributed by atoms with Crippen molar-refractivity contribution in [2.75, 3.05) is 18.1 Å². The third-order valence-corrected chi connectivity index (χ3v) is 4.52. The first-order chi connectivity index (χ1) is 9.64. The number of hydrogen-bond acceptors (Lipinski definition) is 4. The van der Waals surface area contributed by atoms with Crippen LogP contribution in [0.2, 0.25) is 5.02 Å². The molecule has 1 aromatic rings. The van der Waals surface area contributed by atoms with Gasteiger partial charge in [0.15, 0.2) is 5.96 Å². The predicted molar refractivity (Wildman–Crippen MR) is 82.4 cm³/mol. The van der Waals surface area contributed by atoms with Crippen molar-refractivity contribution in [1.29, 1.82) is 0 Å². The van der Waals surface area contributed by atoms with Crippen molar-refractivity contribution in [2.45, 2.75) is 37.8 Å². The SMILES string of the molecule is CCC1CC2(CCO1)CN=C(N)N2c1cccc(Cl)c1. The lowest BCUT2D eigenvalue weighted by atomic mass is 9.84. The lowest BCUT2D eigenvalue weighted by Gasteiger charge is -2.44. The highest BCUT2D eigenvalue weighted by Gasteiger charge is 2.46. The van der Waals surface area contributed by atoms with E-state index in [1.807, 2.05) is 24.3 Å². The van der Waals surface area contributed by atoms with E-state index in [9.17, 15) is 0 Å². The zero-order valence-electron chi connectivity index (χ0n) is 11.7. The average molecular weight is 294 g/mol. The van der Waals surface area contributed by atoms with Crippen molar-refractivity contribution in [3.05, 3.63) is 29.3 Å². The van der Waals surface area contributed by atoms with Gasteiger partial charge in [0.05, 0.1) is 18.2 Å². The maximum Gasteiger partial charge on any atom is 0.196 e. The summed E-state index contributed by atoms with van der Waals surface area (Å²) in [6.07, 6.45) is 3.21. The molecule has 3 rings (SSSR count). The Labute approximate surface area is 124 Å². The zero-order valence-corrected chi connectivity index (χ0v) is 12.4. The van der Waals surface area contributed by atoms with E-state index >= 15 is 0 Å². The molecule has 2 heterocycles. The topological polar surface area (TPSA) is 50.9 Å². The number of nitrogens with two attached hydrogens (primary N) is 1. The third-order valence-electron chi connectivity index (χ3n) is 4.29. The highest BCUT2D eigenvalue weighted by Crippen LogP contribution is 2.39. The minimum atomic E-state index is -0.0479. The Bertz CT molecular complexity index is 534. The normalized spacial score (nSPS) is 29.8. The molecule has 5 heteroatoms. The summed E-state index contributed by atoms with van der Waals surface area (Å²) in [6, 6.07) is 7.82. The quantitative estimate of drug-likeness (QED) is 0.912. The van der Waals surface area contributed by atoms with Gasteiger partial charge in [-0.1, -0.05) is 24.6 Å². The van der Waals surface area contributed by atoms with Crippen LogP contribution in [0.25, 0.3) is 0 Å². The Balaban J connectivity index is 1.95. The Morgan fingerprint density at radius 3 is 3.15 bits per heavy atom.